The van der Waals surface area contributed by atoms with Gasteiger partial charge in [-0.3, -0.25) is 14.9 Å². The maximum atomic E-state index is 12.2. The summed E-state index contributed by atoms with van der Waals surface area (Å²) in [5, 5.41) is 23.0. The Hall–Kier alpha value is -3.58. The number of nitrogens with zero attached hydrogens (tertiary/aromatic N) is 3. The number of H-pyrrole nitrogens is 1. The summed E-state index contributed by atoms with van der Waals surface area (Å²) in [7, 11) is 1.57. The zero-order valence-electron chi connectivity index (χ0n) is 14.1. The Kier molecular flexibility index (Phi) is 5.23. The number of methoxy groups -OCH3 is 1. The van der Waals surface area contributed by atoms with Gasteiger partial charge in [-0.25, -0.2) is 4.98 Å². The first-order valence-electron chi connectivity index (χ1n) is 7.65. The lowest BCUT2D eigenvalue weighted by Gasteiger charge is -2.06. The minimum Gasteiger partial charge on any atom is -0.497 e. The molecule has 0 bridgehead atoms. The minimum atomic E-state index is -0.598. The summed E-state index contributed by atoms with van der Waals surface area (Å²) in [5.41, 5.74) is 1.58. The number of amides is 1. The molecule has 3 rings (SSSR count). The minimum absolute atomic E-state index is 0.0263. The molecule has 0 saturated heterocycles. The lowest BCUT2D eigenvalue weighted by molar-refractivity contribution is -0.384. The van der Waals surface area contributed by atoms with E-state index in [2.05, 4.69) is 15.3 Å². The van der Waals surface area contributed by atoms with E-state index >= 15 is 0 Å². The fourth-order valence-electron chi connectivity index (χ4n) is 2.33. The molecule has 0 radical (unpaired) electrons. The van der Waals surface area contributed by atoms with Gasteiger partial charge in [-0.1, -0.05) is 11.8 Å². The number of non-ortho nitro benzene ring substituents is 1. The van der Waals surface area contributed by atoms with Gasteiger partial charge < -0.3 is 15.0 Å². The Labute approximate surface area is 157 Å². The maximum absolute atomic E-state index is 12.2. The van der Waals surface area contributed by atoms with Crippen molar-refractivity contribution in [2.24, 2.45) is 0 Å². The predicted octanol–water partition coefficient (Wildman–Crippen LogP) is 3.08. The second-order valence-electron chi connectivity index (χ2n) is 5.36. The monoisotopic (exact) mass is 383 g/mol. The van der Waals surface area contributed by atoms with Crippen LogP contribution < -0.4 is 10.1 Å². The normalized spacial score (nSPS) is 10.4. The number of nitro groups is 1. The van der Waals surface area contributed by atoms with E-state index in [4.69, 9.17) is 10.00 Å². The van der Waals surface area contributed by atoms with Crippen molar-refractivity contribution in [3.05, 3.63) is 52.1 Å². The summed E-state index contributed by atoms with van der Waals surface area (Å²) >= 11 is 1.20. The van der Waals surface area contributed by atoms with Gasteiger partial charge in [-0.15, -0.1) is 0 Å². The fourth-order valence-corrected chi connectivity index (χ4v) is 3.01. The Morgan fingerprint density at radius 3 is 2.93 bits per heavy atom. The third-order valence-corrected chi connectivity index (χ3v) is 4.49. The summed E-state index contributed by atoms with van der Waals surface area (Å²) in [6.07, 6.45) is 0. The van der Waals surface area contributed by atoms with Gasteiger partial charge in [-0.05, 0) is 18.2 Å². The molecule has 0 saturated carbocycles. The molecule has 0 fully saturated rings. The topological polar surface area (TPSA) is 134 Å². The van der Waals surface area contributed by atoms with Crippen molar-refractivity contribution in [2.75, 3.05) is 18.2 Å². The number of nitriles is 1. The molecule has 9 nitrogen and oxygen atoms in total. The van der Waals surface area contributed by atoms with Crippen LogP contribution in [0.5, 0.6) is 5.75 Å². The number of carbonyl (C=O) groups excluding carboxylic acids is 1. The van der Waals surface area contributed by atoms with Gasteiger partial charge in [0.05, 0.1) is 40.1 Å². The van der Waals surface area contributed by atoms with Crippen LogP contribution in [0.4, 0.5) is 11.4 Å². The number of aromatic nitrogens is 2. The molecule has 0 aliphatic carbocycles. The van der Waals surface area contributed by atoms with E-state index in [9.17, 15) is 14.9 Å². The molecule has 2 N–H and O–H groups in total. The summed E-state index contributed by atoms with van der Waals surface area (Å²) in [5.74, 6) is 0.393. The molecular formula is C17H13N5O4S. The number of fused-ring (bicyclic) bond motifs is 1. The van der Waals surface area contributed by atoms with Gasteiger partial charge in [0, 0.05) is 18.2 Å². The van der Waals surface area contributed by atoms with Crippen LogP contribution in [0.1, 0.15) is 5.56 Å². The number of nitro benzene ring substituents is 1. The number of benzene rings is 2. The van der Waals surface area contributed by atoms with Gasteiger partial charge in [0.25, 0.3) is 5.69 Å². The molecule has 136 valence electrons. The Morgan fingerprint density at radius 1 is 1.41 bits per heavy atom. The second kappa shape index (κ2) is 7.76. The standard InChI is InChI=1S/C17H13N5O4S/c1-26-12-3-5-14-15(7-12)21-17(20-14)27-9-16(23)19-13-4-2-11(22(24)25)6-10(13)8-18/h2-7H,9H2,1H3,(H,19,23)(H,20,21). The molecule has 1 amide bonds. The first kappa shape index (κ1) is 18.2. The summed E-state index contributed by atoms with van der Waals surface area (Å²) < 4.78 is 5.15. The SMILES string of the molecule is COc1ccc2nc(SCC(=O)Nc3ccc([N+](=O)[O-])cc3C#N)[nH]c2c1. The number of ether oxygens (including phenoxy) is 1. The van der Waals surface area contributed by atoms with Gasteiger partial charge in [0.15, 0.2) is 5.16 Å². The molecule has 27 heavy (non-hydrogen) atoms. The van der Waals surface area contributed by atoms with E-state index in [1.807, 2.05) is 18.2 Å². The highest BCUT2D eigenvalue weighted by atomic mass is 32.2. The number of hydrogen-bond donors (Lipinski definition) is 2. The van der Waals surface area contributed by atoms with Crippen LogP contribution in [-0.2, 0) is 4.79 Å². The second-order valence-corrected chi connectivity index (χ2v) is 6.32. The summed E-state index contributed by atoms with van der Waals surface area (Å²) in [4.78, 5) is 29.8. The number of thioether (sulfide) groups is 1. The van der Waals surface area contributed by atoms with E-state index in [1.54, 1.807) is 13.2 Å². The molecule has 1 aromatic heterocycles. The van der Waals surface area contributed by atoms with Crippen LogP contribution in [0.3, 0.4) is 0 Å². The van der Waals surface area contributed by atoms with Crippen molar-refractivity contribution in [1.29, 1.82) is 5.26 Å². The highest BCUT2D eigenvalue weighted by molar-refractivity contribution is 7.99. The van der Waals surface area contributed by atoms with Crippen LogP contribution in [-0.4, -0.2) is 33.7 Å². The van der Waals surface area contributed by atoms with E-state index < -0.39 is 4.92 Å². The molecule has 0 spiro atoms. The lowest BCUT2D eigenvalue weighted by atomic mass is 10.1. The van der Waals surface area contributed by atoms with Gasteiger partial charge in [0.1, 0.15) is 11.8 Å². The van der Waals surface area contributed by atoms with Crippen LogP contribution >= 0.6 is 11.8 Å². The summed E-state index contributed by atoms with van der Waals surface area (Å²) in [6.45, 7) is 0. The third kappa shape index (κ3) is 4.16. The van der Waals surface area contributed by atoms with Crippen molar-refractivity contribution >= 4 is 40.1 Å². The Morgan fingerprint density at radius 2 is 2.22 bits per heavy atom. The largest absolute Gasteiger partial charge is 0.497 e. The van der Waals surface area contributed by atoms with Gasteiger partial charge >= 0.3 is 0 Å². The number of anilines is 1. The average molecular weight is 383 g/mol. The molecule has 0 aliphatic rings. The first-order chi connectivity index (χ1) is 13.0. The van der Waals surface area contributed by atoms with Crippen LogP contribution in [0.2, 0.25) is 0 Å². The summed E-state index contributed by atoms with van der Waals surface area (Å²) in [6, 6.07) is 10.9. The Bertz CT molecular complexity index is 1070. The van der Waals surface area contributed by atoms with Crippen molar-refractivity contribution in [2.45, 2.75) is 5.16 Å². The van der Waals surface area contributed by atoms with Gasteiger partial charge in [-0.2, -0.15) is 5.26 Å². The van der Waals surface area contributed by atoms with Crippen LogP contribution in [0, 0.1) is 21.4 Å². The van der Waals surface area contributed by atoms with E-state index in [1.165, 1.54) is 23.9 Å². The van der Waals surface area contributed by atoms with Crippen LogP contribution in [0.25, 0.3) is 11.0 Å². The number of carbonyl (C=O) groups is 1. The highest BCUT2D eigenvalue weighted by Gasteiger charge is 2.13. The van der Waals surface area contributed by atoms with Crippen molar-refractivity contribution in [3.8, 4) is 11.8 Å². The van der Waals surface area contributed by atoms with Crippen LogP contribution in [0.15, 0.2) is 41.6 Å². The number of rotatable bonds is 6. The molecule has 3 aromatic rings. The van der Waals surface area contributed by atoms with E-state index in [0.29, 0.717) is 10.9 Å². The number of hydrogen-bond acceptors (Lipinski definition) is 7. The van der Waals surface area contributed by atoms with Crippen molar-refractivity contribution in [1.82, 2.24) is 9.97 Å². The third-order valence-electron chi connectivity index (χ3n) is 3.62. The predicted molar refractivity (Wildman–Crippen MR) is 99.8 cm³/mol. The van der Waals surface area contributed by atoms with Crippen molar-refractivity contribution < 1.29 is 14.5 Å². The molecule has 0 atom stereocenters. The molecular weight excluding hydrogens is 370 g/mol. The zero-order valence-corrected chi connectivity index (χ0v) is 14.9. The number of aromatic amines is 1. The first-order valence-corrected chi connectivity index (χ1v) is 8.63. The molecule has 1 heterocycles. The smallest absolute Gasteiger partial charge is 0.270 e. The van der Waals surface area contributed by atoms with E-state index in [0.717, 1.165) is 17.1 Å². The highest BCUT2D eigenvalue weighted by Crippen LogP contribution is 2.24. The zero-order chi connectivity index (χ0) is 19.4. The fraction of sp³-hybridized carbons (Fsp3) is 0.118. The molecule has 2 aromatic carbocycles. The van der Waals surface area contributed by atoms with Crippen molar-refractivity contribution in [3.63, 3.8) is 0 Å². The molecule has 0 unspecified atom stereocenters. The van der Waals surface area contributed by atoms with E-state index in [-0.39, 0.29) is 28.6 Å². The quantitative estimate of drug-likeness (QED) is 0.379. The molecule has 0 aliphatic heterocycles. The number of nitrogens with one attached hydrogen (secondary N) is 2. The lowest BCUT2D eigenvalue weighted by Crippen LogP contribution is -2.15. The maximum Gasteiger partial charge on any atom is 0.270 e. The molecule has 10 heteroatoms. The number of imidazole rings is 1. The Balaban J connectivity index is 1.66. The van der Waals surface area contributed by atoms with Gasteiger partial charge in [0.2, 0.25) is 5.91 Å². The average Bonchev–Trinajstić information content (AvgIpc) is 3.08.